The molecular formula is C25H30N6O3. The highest BCUT2D eigenvalue weighted by molar-refractivity contribution is 6.04. The lowest BCUT2D eigenvalue weighted by atomic mass is 9.98. The number of pyridine rings is 1. The third kappa shape index (κ3) is 4.33. The van der Waals surface area contributed by atoms with E-state index in [-0.39, 0.29) is 17.4 Å². The van der Waals surface area contributed by atoms with E-state index in [1.165, 1.54) is 0 Å². The Morgan fingerprint density at radius 1 is 1.12 bits per heavy atom. The molecular weight excluding hydrogens is 432 g/mol. The minimum Gasteiger partial charge on any atom is -0.353 e. The van der Waals surface area contributed by atoms with Crippen LogP contribution in [0.3, 0.4) is 0 Å². The number of rotatable bonds is 8. The molecule has 0 aliphatic heterocycles. The summed E-state index contributed by atoms with van der Waals surface area (Å²) < 4.78 is 6.73. The van der Waals surface area contributed by atoms with Crippen molar-refractivity contribution in [3.05, 3.63) is 57.5 Å². The number of carbonyl (C=O) groups is 1. The van der Waals surface area contributed by atoms with Gasteiger partial charge in [-0.25, -0.2) is 0 Å². The Kier molecular flexibility index (Phi) is 6.54. The predicted molar refractivity (Wildman–Crippen MR) is 133 cm³/mol. The molecule has 0 fully saturated rings. The SMILES string of the molecule is CCCN(CCC)c1n[nH]c2cc(-c3cc(C(=O)Nc4cc(C)no4)ccc3C)c(=O)n(C)c12. The maximum atomic E-state index is 13.5. The van der Waals surface area contributed by atoms with Crippen LogP contribution in [-0.2, 0) is 7.05 Å². The normalized spacial score (nSPS) is 11.2. The van der Waals surface area contributed by atoms with Gasteiger partial charge in [0.05, 0.1) is 11.2 Å². The van der Waals surface area contributed by atoms with Crippen LogP contribution in [0.5, 0.6) is 0 Å². The van der Waals surface area contributed by atoms with Crippen LogP contribution in [0, 0.1) is 13.8 Å². The van der Waals surface area contributed by atoms with Gasteiger partial charge in [0.15, 0.2) is 5.82 Å². The molecule has 0 aliphatic rings. The van der Waals surface area contributed by atoms with Gasteiger partial charge in [-0.3, -0.25) is 20.0 Å². The third-order valence-corrected chi connectivity index (χ3v) is 5.85. The van der Waals surface area contributed by atoms with E-state index in [4.69, 9.17) is 4.52 Å². The minimum absolute atomic E-state index is 0.144. The molecule has 178 valence electrons. The number of H-pyrrole nitrogens is 1. The summed E-state index contributed by atoms with van der Waals surface area (Å²) in [5, 5.41) is 14.1. The molecule has 0 bridgehead atoms. The first-order valence-corrected chi connectivity index (χ1v) is 11.5. The Labute approximate surface area is 197 Å². The average Bonchev–Trinajstić information content (AvgIpc) is 3.42. The molecule has 1 aromatic carbocycles. The van der Waals surface area contributed by atoms with E-state index in [2.05, 4.69) is 39.4 Å². The maximum absolute atomic E-state index is 13.5. The number of hydrogen-bond acceptors (Lipinski definition) is 6. The van der Waals surface area contributed by atoms with E-state index in [9.17, 15) is 9.59 Å². The first-order chi connectivity index (χ1) is 16.3. The lowest BCUT2D eigenvalue weighted by Gasteiger charge is -2.21. The summed E-state index contributed by atoms with van der Waals surface area (Å²) >= 11 is 0. The van der Waals surface area contributed by atoms with Gasteiger partial charge >= 0.3 is 0 Å². The number of nitrogens with zero attached hydrogens (tertiary/aromatic N) is 4. The first-order valence-electron chi connectivity index (χ1n) is 11.5. The number of benzene rings is 1. The zero-order valence-electron chi connectivity index (χ0n) is 20.2. The van der Waals surface area contributed by atoms with Crippen LogP contribution in [0.4, 0.5) is 11.7 Å². The first kappa shape index (κ1) is 23.3. The van der Waals surface area contributed by atoms with E-state index < -0.39 is 0 Å². The van der Waals surface area contributed by atoms with Gasteiger partial charge in [-0.1, -0.05) is 25.1 Å². The molecule has 9 heteroatoms. The van der Waals surface area contributed by atoms with Crippen LogP contribution in [0.15, 0.2) is 39.6 Å². The molecule has 0 saturated heterocycles. The van der Waals surface area contributed by atoms with Gasteiger partial charge in [0.25, 0.3) is 11.5 Å². The highest BCUT2D eigenvalue weighted by Gasteiger charge is 2.20. The Bertz CT molecular complexity index is 1390. The van der Waals surface area contributed by atoms with Crippen LogP contribution < -0.4 is 15.8 Å². The molecule has 9 nitrogen and oxygen atoms in total. The molecule has 0 saturated carbocycles. The number of nitrogens with one attached hydrogen (secondary N) is 2. The highest BCUT2D eigenvalue weighted by atomic mass is 16.5. The molecule has 34 heavy (non-hydrogen) atoms. The summed E-state index contributed by atoms with van der Waals surface area (Å²) in [5.41, 5.74) is 4.59. The van der Waals surface area contributed by atoms with Crippen molar-refractivity contribution in [3.63, 3.8) is 0 Å². The summed E-state index contributed by atoms with van der Waals surface area (Å²) in [6.45, 7) is 9.69. The van der Waals surface area contributed by atoms with Gasteiger partial charge in [0.1, 0.15) is 5.52 Å². The van der Waals surface area contributed by atoms with Crippen molar-refractivity contribution < 1.29 is 9.32 Å². The number of fused-ring (bicyclic) bond motifs is 1. The van der Waals surface area contributed by atoms with Gasteiger partial charge in [-0.2, -0.15) is 5.10 Å². The van der Waals surface area contributed by atoms with E-state index in [0.29, 0.717) is 22.4 Å². The Morgan fingerprint density at radius 3 is 2.50 bits per heavy atom. The molecule has 0 atom stereocenters. The molecule has 3 heterocycles. The summed E-state index contributed by atoms with van der Waals surface area (Å²) in [7, 11) is 1.77. The van der Waals surface area contributed by atoms with Crippen molar-refractivity contribution >= 4 is 28.6 Å². The van der Waals surface area contributed by atoms with E-state index in [1.54, 1.807) is 36.7 Å². The Hall–Kier alpha value is -3.88. The zero-order chi connectivity index (χ0) is 24.4. The van der Waals surface area contributed by atoms with Gasteiger partial charge in [0.2, 0.25) is 5.88 Å². The summed E-state index contributed by atoms with van der Waals surface area (Å²) in [6, 6.07) is 8.76. The molecule has 0 radical (unpaired) electrons. The lowest BCUT2D eigenvalue weighted by Crippen LogP contribution is -2.27. The van der Waals surface area contributed by atoms with Gasteiger partial charge in [0, 0.05) is 37.3 Å². The smallest absolute Gasteiger partial charge is 0.258 e. The van der Waals surface area contributed by atoms with Gasteiger partial charge < -0.3 is 14.0 Å². The van der Waals surface area contributed by atoms with E-state index in [1.807, 2.05) is 19.1 Å². The van der Waals surface area contributed by atoms with Gasteiger partial charge in [-0.15, -0.1) is 0 Å². The topological polar surface area (TPSA) is 109 Å². The molecule has 2 N–H and O–H groups in total. The third-order valence-electron chi connectivity index (χ3n) is 5.85. The van der Waals surface area contributed by atoms with Crippen molar-refractivity contribution in [1.29, 1.82) is 0 Å². The van der Waals surface area contributed by atoms with Crippen LogP contribution in [-0.4, -0.2) is 38.9 Å². The predicted octanol–water partition coefficient (Wildman–Crippen LogP) is 4.41. The summed E-state index contributed by atoms with van der Waals surface area (Å²) in [4.78, 5) is 28.5. The van der Waals surface area contributed by atoms with Crippen molar-refractivity contribution in [2.75, 3.05) is 23.3 Å². The molecule has 1 amide bonds. The number of hydrogen-bond donors (Lipinski definition) is 2. The van der Waals surface area contributed by atoms with Crippen LogP contribution in [0.2, 0.25) is 0 Å². The fraction of sp³-hybridized carbons (Fsp3) is 0.360. The number of amides is 1. The monoisotopic (exact) mass is 462 g/mol. The largest absolute Gasteiger partial charge is 0.353 e. The van der Waals surface area contributed by atoms with Crippen LogP contribution in [0.1, 0.15) is 48.3 Å². The number of anilines is 2. The Morgan fingerprint density at radius 2 is 1.85 bits per heavy atom. The van der Waals surface area contributed by atoms with E-state index >= 15 is 0 Å². The van der Waals surface area contributed by atoms with Crippen LogP contribution >= 0.6 is 0 Å². The average molecular weight is 463 g/mol. The molecule has 3 aromatic heterocycles. The minimum atomic E-state index is -0.339. The van der Waals surface area contributed by atoms with Crippen molar-refractivity contribution in [1.82, 2.24) is 19.9 Å². The maximum Gasteiger partial charge on any atom is 0.258 e. The number of aryl methyl sites for hydroxylation is 3. The summed E-state index contributed by atoms with van der Waals surface area (Å²) in [6.07, 6.45) is 1.98. The van der Waals surface area contributed by atoms with Crippen molar-refractivity contribution in [3.8, 4) is 11.1 Å². The molecule has 4 rings (SSSR count). The Balaban J connectivity index is 1.76. The second kappa shape index (κ2) is 9.54. The standard InChI is InChI=1S/C25H30N6O3/c1-6-10-31(11-7-2)23-22-20(27-28-23)14-19(25(33)30(22)5)18-13-17(9-8-15(18)3)24(32)26-21-12-16(4)29-34-21/h8-9,12-14H,6-7,10-11H2,1-5H3,(H,26,32)(H,27,28). The van der Waals surface area contributed by atoms with Crippen LogP contribution in [0.25, 0.3) is 22.2 Å². The number of aromatic nitrogens is 4. The number of carbonyl (C=O) groups excluding carboxylic acids is 1. The molecule has 0 unspecified atom stereocenters. The molecule has 0 aliphatic carbocycles. The van der Waals surface area contributed by atoms with Gasteiger partial charge in [-0.05, 0) is 56.0 Å². The lowest BCUT2D eigenvalue weighted by molar-refractivity contribution is 0.102. The highest BCUT2D eigenvalue weighted by Crippen LogP contribution is 2.28. The zero-order valence-corrected chi connectivity index (χ0v) is 20.2. The quantitative estimate of drug-likeness (QED) is 0.401. The number of aromatic amines is 1. The summed E-state index contributed by atoms with van der Waals surface area (Å²) in [5.74, 6) is 0.724. The fourth-order valence-corrected chi connectivity index (χ4v) is 4.20. The molecule has 0 spiro atoms. The van der Waals surface area contributed by atoms with E-state index in [0.717, 1.165) is 48.3 Å². The van der Waals surface area contributed by atoms with Crippen molar-refractivity contribution in [2.24, 2.45) is 7.05 Å². The second-order valence-electron chi connectivity index (χ2n) is 8.54. The van der Waals surface area contributed by atoms with Crippen molar-refractivity contribution in [2.45, 2.75) is 40.5 Å². The fourth-order valence-electron chi connectivity index (χ4n) is 4.20. The second-order valence-corrected chi connectivity index (χ2v) is 8.54. The molecule has 4 aromatic rings.